The van der Waals surface area contributed by atoms with Gasteiger partial charge in [-0.1, -0.05) is 13.3 Å². The lowest BCUT2D eigenvalue weighted by Crippen LogP contribution is -2.57. The van der Waals surface area contributed by atoms with Gasteiger partial charge < -0.3 is 10.2 Å². The molecule has 2 aliphatic rings. The highest BCUT2D eigenvalue weighted by atomic mass is 15.3. The first kappa shape index (κ1) is 13.6. The van der Waals surface area contributed by atoms with Crippen molar-refractivity contribution in [2.45, 2.75) is 63.6 Å². The number of nitrogens with two attached hydrogens (primary N) is 1. The topological polar surface area (TPSA) is 65.7 Å². The molecule has 5 nitrogen and oxygen atoms in total. The highest BCUT2D eigenvalue weighted by Crippen LogP contribution is 2.32. The van der Waals surface area contributed by atoms with E-state index < -0.39 is 0 Å². The molecule has 18 heavy (non-hydrogen) atoms. The quantitative estimate of drug-likeness (QED) is 0.301. The molecule has 2 saturated heterocycles. The smallest absolute Gasteiger partial charge is 0.205 e. The molecule has 0 aliphatic carbocycles. The summed E-state index contributed by atoms with van der Waals surface area (Å²) in [6.45, 7) is 2.95. The molecule has 5 heteroatoms. The molecule has 4 N–H and O–H groups in total. The van der Waals surface area contributed by atoms with E-state index >= 15 is 0 Å². The van der Waals surface area contributed by atoms with E-state index in [1.165, 1.54) is 32.1 Å². The summed E-state index contributed by atoms with van der Waals surface area (Å²) < 4.78 is 0. The molecular formula is C13H27N5. The van der Waals surface area contributed by atoms with Crippen molar-refractivity contribution in [3.05, 3.63) is 0 Å². The third kappa shape index (κ3) is 3.14. The first-order valence-electron chi connectivity index (χ1n) is 7.24. The second kappa shape index (κ2) is 6.38. The fourth-order valence-corrected chi connectivity index (χ4v) is 3.28. The van der Waals surface area contributed by atoms with Gasteiger partial charge in [0, 0.05) is 24.7 Å². The van der Waals surface area contributed by atoms with Crippen molar-refractivity contribution in [2.24, 2.45) is 10.8 Å². The molecule has 0 radical (unpaired) electrons. The lowest BCUT2D eigenvalue weighted by Gasteiger charge is -2.47. The second-order valence-electron chi connectivity index (χ2n) is 5.59. The van der Waals surface area contributed by atoms with Crippen LogP contribution >= 0.6 is 0 Å². The van der Waals surface area contributed by atoms with E-state index in [0.717, 1.165) is 31.0 Å². The van der Waals surface area contributed by atoms with Crippen LogP contribution in [-0.2, 0) is 0 Å². The fraction of sp³-hybridized carbons (Fsp3) is 0.923. The van der Waals surface area contributed by atoms with Gasteiger partial charge in [-0.25, -0.2) is 5.84 Å². The van der Waals surface area contributed by atoms with Crippen LogP contribution in [0.5, 0.6) is 0 Å². The standard InChI is InChI=1S/C13H27N5/c1-3-7-15-13(17-14)16-10-8-11-5-4-6-12(9-10)18(11)2/h10-12H,3-9,14H2,1-2H3,(H2,15,16,17). The molecule has 0 aromatic heterocycles. The summed E-state index contributed by atoms with van der Waals surface area (Å²) in [4.78, 5) is 6.99. The number of fused-ring (bicyclic) bond motifs is 2. The van der Waals surface area contributed by atoms with Crippen LogP contribution in [0.3, 0.4) is 0 Å². The van der Waals surface area contributed by atoms with Crippen molar-refractivity contribution in [2.75, 3.05) is 13.6 Å². The van der Waals surface area contributed by atoms with Crippen LogP contribution in [0.1, 0.15) is 45.4 Å². The van der Waals surface area contributed by atoms with Crippen molar-refractivity contribution in [1.82, 2.24) is 15.6 Å². The van der Waals surface area contributed by atoms with Gasteiger partial charge in [-0.3, -0.25) is 10.4 Å². The maximum absolute atomic E-state index is 5.52. The van der Waals surface area contributed by atoms with E-state index in [2.05, 4.69) is 34.6 Å². The number of nitrogens with one attached hydrogen (secondary N) is 2. The Kier molecular flexibility index (Phi) is 4.83. The van der Waals surface area contributed by atoms with E-state index in [0.29, 0.717) is 6.04 Å². The minimum absolute atomic E-state index is 0.517. The van der Waals surface area contributed by atoms with E-state index in [9.17, 15) is 0 Å². The number of hydrazine groups is 1. The van der Waals surface area contributed by atoms with Gasteiger partial charge in [-0.2, -0.15) is 0 Å². The molecule has 0 amide bonds. The zero-order valence-corrected chi connectivity index (χ0v) is 11.7. The fourth-order valence-electron chi connectivity index (χ4n) is 3.28. The van der Waals surface area contributed by atoms with E-state index in [4.69, 9.17) is 5.84 Å². The summed E-state index contributed by atoms with van der Waals surface area (Å²) in [6.07, 6.45) is 7.52. The third-order valence-corrected chi connectivity index (χ3v) is 4.31. The lowest BCUT2D eigenvalue weighted by molar-refractivity contribution is 0.0526. The Labute approximate surface area is 110 Å². The zero-order chi connectivity index (χ0) is 13.0. The Bertz CT molecular complexity index is 277. The maximum atomic E-state index is 5.52. The lowest BCUT2D eigenvalue weighted by atomic mass is 9.82. The number of hydrogen-bond acceptors (Lipinski definition) is 3. The van der Waals surface area contributed by atoms with Gasteiger partial charge in [0.05, 0.1) is 0 Å². The molecule has 2 heterocycles. The minimum Gasteiger partial charge on any atom is -0.352 e. The molecule has 104 valence electrons. The first-order valence-corrected chi connectivity index (χ1v) is 7.24. The summed E-state index contributed by atoms with van der Waals surface area (Å²) in [5.74, 6) is 6.27. The van der Waals surface area contributed by atoms with Crippen LogP contribution in [0.25, 0.3) is 0 Å². The van der Waals surface area contributed by atoms with Crippen LogP contribution < -0.4 is 16.6 Å². The molecule has 2 bridgehead atoms. The van der Waals surface area contributed by atoms with Crippen molar-refractivity contribution in [3.63, 3.8) is 0 Å². The first-order chi connectivity index (χ1) is 8.74. The molecule has 2 unspecified atom stereocenters. The van der Waals surface area contributed by atoms with Gasteiger partial charge in [0.1, 0.15) is 0 Å². The van der Waals surface area contributed by atoms with Crippen LogP contribution in [0.15, 0.2) is 4.99 Å². The number of hydrogen-bond donors (Lipinski definition) is 3. The molecule has 2 aliphatic heterocycles. The summed E-state index contributed by atoms with van der Waals surface area (Å²) in [5.41, 5.74) is 2.69. The van der Waals surface area contributed by atoms with E-state index in [1.54, 1.807) is 0 Å². The van der Waals surface area contributed by atoms with Crippen LogP contribution in [0.2, 0.25) is 0 Å². The summed E-state index contributed by atoms with van der Waals surface area (Å²) >= 11 is 0. The molecule has 0 saturated carbocycles. The molecular weight excluding hydrogens is 226 g/mol. The highest BCUT2D eigenvalue weighted by Gasteiger charge is 2.36. The largest absolute Gasteiger partial charge is 0.352 e. The van der Waals surface area contributed by atoms with Crippen molar-refractivity contribution < 1.29 is 0 Å². The van der Waals surface area contributed by atoms with Crippen molar-refractivity contribution >= 4 is 5.96 Å². The molecule has 2 fully saturated rings. The predicted octanol–water partition coefficient (Wildman–Crippen LogP) is 0.821. The number of aliphatic imine (C=N–C) groups is 1. The Morgan fingerprint density at radius 3 is 2.56 bits per heavy atom. The monoisotopic (exact) mass is 253 g/mol. The number of nitrogens with zero attached hydrogens (tertiary/aromatic N) is 2. The average molecular weight is 253 g/mol. The van der Waals surface area contributed by atoms with Crippen molar-refractivity contribution in [3.8, 4) is 0 Å². The SMILES string of the molecule is CCCN=C(NN)NC1CC2CCCC(C1)N2C. The molecule has 0 spiro atoms. The van der Waals surface area contributed by atoms with Crippen LogP contribution in [-0.4, -0.2) is 42.6 Å². The third-order valence-electron chi connectivity index (χ3n) is 4.31. The van der Waals surface area contributed by atoms with E-state index in [1.807, 2.05) is 0 Å². The number of rotatable bonds is 3. The molecule has 0 aromatic rings. The normalized spacial score (nSPS) is 33.3. The predicted molar refractivity (Wildman–Crippen MR) is 75.3 cm³/mol. The Balaban J connectivity index is 1.90. The molecule has 2 atom stereocenters. The second-order valence-corrected chi connectivity index (χ2v) is 5.59. The van der Waals surface area contributed by atoms with Gasteiger partial charge in [0.15, 0.2) is 0 Å². The average Bonchev–Trinajstić information content (AvgIpc) is 2.35. The van der Waals surface area contributed by atoms with Gasteiger partial charge >= 0.3 is 0 Å². The van der Waals surface area contributed by atoms with Crippen molar-refractivity contribution in [1.29, 1.82) is 0 Å². The maximum Gasteiger partial charge on any atom is 0.205 e. The minimum atomic E-state index is 0.517. The number of guanidine groups is 1. The highest BCUT2D eigenvalue weighted by molar-refractivity contribution is 5.79. The van der Waals surface area contributed by atoms with Gasteiger partial charge in [0.2, 0.25) is 5.96 Å². The van der Waals surface area contributed by atoms with E-state index in [-0.39, 0.29) is 0 Å². The summed E-state index contributed by atoms with van der Waals surface area (Å²) in [6, 6.07) is 1.99. The van der Waals surface area contributed by atoms with Gasteiger partial charge in [-0.15, -0.1) is 0 Å². The van der Waals surface area contributed by atoms with Gasteiger partial charge in [-0.05, 0) is 39.2 Å². The van der Waals surface area contributed by atoms with Crippen LogP contribution in [0, 0.1) is 0 Å². The van der Waals surface area contributed by atoms with Crippen LogP contribution in [0.4, 0.5) is 0 Å². The summed E-state index contributed by atoms with van der Waals surface area (Å²) in [5, 5.41) is 3.48. The Morgan fingerprint density at radius 2 is 2.00 bits per heavy atom. The van der Waals surface area contributed by atoms with Gasteiger partial charge in [0.25, 0.3) is 0 Å². The number of piperidine rings is 2. The Morgan fingerprint density at radius 1 is 1.33 bits per heavy atom. The summed E-state index contributed by atoms with van der Waals surface area (Å²) in [7, 11) is 2.28. The Hall–Kier alpha value is -0.810. The molecule has 0 aromatic carbocycles. The zero-order valence-electron chi connectivity index (χ0n) is 11.7. The molecule has 2 rings (SSSR count).